The first-order valence-corrected chi connectivity index (χ1v) is 9.85. The third kappa shape index (κ3) is 4.16. The summed E-state index contributed by atoms with van der Waals surface area (Å²) < 4.78 is 14.0. The van der Waals surface area contributed by atoms with E-state index in [1.807, 2.05) is 11.0 Å². The Balaban J connectivity index is 1.49. The van der Waals surface area contributed by atoms with Gasteiger partial charge in [0.15, 0.2) is 11.6 Å². The number of benzene rings is 2. The van der Waals surface area contributed by atoms with Gasteiger partial charge in [-0.1, -0.05) is 35.3 Å². The van der Waals surface area contributed by atoms with Crippen LogP contribution in [0.5, 0.6) is 0 Å². The molecular formula is C20H19Cl2FN6. The lowest BCUT2D eigenvalue weighted by molar-refractivity contribution is 0.596. The van der Waals surface area contributed by atoms with E-state index < -0.39 is 0 Å². The van der Waals surface area contributed by atoms with Crippen molar-refractivity contribution in [1.82, 2.24) is 9.97 Å². The van der Waals surface area contributed by atoms with Gasteiger partial charge in [-0.05, 0) is 30.3 Å². The molecule has 0 atom stereocenters. The highest BCUT2D eigenvalue weighted by atomic mass is 35.5. The van der Waals surface area contributed by atoms with Gasteiger partial charge in [-0.2, -0.15) is 0 Å². The lowest BCUT2D eigenvalue weighted by Gasteiger charge is -2.37. The maximum Gasteiger partial charge on any atom is 0.159 e. The van der Waals surface area contributed by atoms with Crippen molar-refractivity contribution >= 4 is 51.9 Å². The molecule has 3 aromatic rings. The summed E-state index contributed by atoms with van der Waals surface area (Å²) in [5.74, 6) is 0.927. The van der Waals surface area contributed by atoms with Crippen molar-refractivity contribution in [3.8, 4) is 0 Å². The summed E-state index contributed by atoms with van der Waals surface area (Å²) in [6.07, 6.45) is 1.47. The van der Waals surface area contributed by atoms with Crippen LogP contribution < -0.4 is 20.9 Å². The van der Waals surface area contributed by atoms with Crippen LogP contribution >= 0.6 is 23.2 Å². The second-order valence-electron chi connectivity index (χ2n) is 6.64. The van der Waals surface area contributed by atoms with E-state index in [0.717, 1.165) is 5.69 Å². The molecule has 0 saturated carbocycles. The largest absolute Gasteiger partial charge is 0.393 e. The zero-order valence-electron chi connectivity index (χ0n) is 15.4. The molecule has 0 aliphatic carbocycles. The van der Waals surface area contributed by atoms with Crippen LogP contribution in [0.4, 0.5) is 33.1 Å². The Morgan fingerprint density at radius 2 is 1.66 bits per heavy atom. The zero-order chi connectivity index (χ0) is 20.4. The van der Waals surface area contributed by atoms with Crippen LogP contribution in [0, 0.1) is 5.82 Å². The first-order valence-electron chi connectivity index (χ1n) is 9.10. The monoisotopic (exact) mass is 432 g/mol. The van der Waals surface area contributed by atoms with Crippen LogP contribution in [-0.4, -0.2) is 36.1 Å². The van der Waals surface area contributed by atoms with Crippen LogP contribution in [0.1, 0.15) is 0 Å². The fraction of sp³-hybridized carbons (Fsp3) is 0.200. The molecule has 4 rings (SSSR count). The van der Waals surface area contributed by atoms with Gasteiger partial charge in [-0.25, -0.2) is 14.4 Å². The minimum absolute atomic E-state index is 0.212. The molecule has 0 amide bonds. The second-order valence-corrected chi connectivity index (χ2v) is 7.45. The van der Waals surface area contributed by atoms with Crippen molar-refractivity contribution in [3.63, 3.8) is 0 Å². The molecule has 150 valence electrons. The summed E-state index contributed by atoms with van der Waals surface area (Å²) in [6, 6.07) is 12.0. The van der Waals surface area contributed by atoms with Gasteiger partial charge >= 0.3 is 0 Å². The van der Waals surface area contributed by atoms with Crippen molar-refractivity contribution in [1.29, 1.82) is 0 Å². The molecule has 0 radical (unpaired) electrons. The Bertz CT molecular complexity index is 1020. The van der Waals surface area contributed by atoms with E-state index in [1.54, 1.807) is 30.3 Å². The Morgan fingerprint density at radius 3 is 2.38 bits per heavy atom. The van der Waals surface area contributed by atoms with Crippen molar-refractivity contribution < 1.29 is 4.39 Å². The zero-order valence-corrected chi connectivity index (χ0v) is 17.0. The number of aromatic nitrogens is 2. The lowest BCUT2D eigenvalue weighted by Crippen LogP contribution is -2.47. The summed E-state index contributed by atoms with van der Waals surface area (Å²) in [4.78, 5) is 12.7. The molecule has 2 heterocycles. The van der Waals surface area contributed by atoms with Crippen LogP contribution in [0.15, 0.2) is 48.8 Å². The summed E-state index contributed by atoms with van der Waals surface area (Å²) in [7, 11) is 0. The summed E-state index contributed by atoms with van der Waals surface area (Å²) in [6.45, 7) is 2.67. The molecule has 3 N–H and O–H groups in total. The summed E-state index contributed by atoms with van der Waals surface area (Å²) in [5.41, 5.74) is 8.12. The number of anilines is 5. The predicted octanol–water partition coefficient (Wildman–Crippen LogP) is 4.57. The highest BCUT2D eigenvalue weighted by Crippen LogP contribution is 2.32. The first-order chi connectivity index (χ1) is 14.0. The first kappa shape index (κ1) is 19.5. The van der Waals surface area contributed by atoms with E-state index in [-0.39, 0.29) is 5.82 Å². The highest BCUT2D eigenvalue weighted by molar-refractivity contribution is 6.42. The van der Waals surface area contributed by atoms with E-state index in [2.05, 4.69) is 20.2 Å². The van der Waals surface area contributed by atoms with Crippen LogP contribution in [0.25, 0.3) is 0 Å². The number of nitrogens with one attached hydrogen (secondary N) is 1. The quantitative estimate of drug-likeness (QED) is 0.628. The van der Waals surface area contributed by atoms with E-state index >= 15 is 0 Å². The van der Waals surface area contributed by atoms with E-state index in [1.165, 1.54) is 12.4 Å². The molecule has 9 heteroatoms. The normalized spacial score (nSPS) is 14.2. The number of nitrogens with zero attached hydrogens (tertiary/aromatic N) is 4. The Morgan fingerprint density at radius 1 is 0.931 bits per heavy atom. The molecule has 0 bridgehead atoms. The molecule has 1 aliphatic rings. The van der Waals surface area contributed by atoms with Crippen LogP contribution in [-0.2, 0) is 0 Å². The summed E-state index contributed by atoms with van der Waals surface area (Å²) in [5, 5.41) is 4.07. The minimum atomic E-state index is -0.212. The second kappa shape index (κ2) is 8.31. The average molecular weight is 433 g/mol. The topological polar surface area (TPSA) is 70.3 Å². The molecule has 6 nitrogen and oxygen atoms in total. The molecule has 0 spiro atoms. The Kier molecular flexibility index (Phi) is 5.60. The number of halogens is 3. The number of hydrogen-bond donors (Lipinski definition) is 2. The molecule has 0 unspecified atom stereocenters. The smallest absolute Gasteiger partial charge is 0.159 e. The third-order valence-electron chi connectivity index (χ3n) is 4.82. The van der Waals surface area contributed by atoms with Crippen molar-refractivity contribution in [3.05, 3.63) is 64.7 Å². The number of nitrogen functional groups attached to an aromatic ring is 1. The van der Waals surface area contributed by atoms with E-state index in [9.17, 15) is 4.39 Å². The van der Waals surface area contributed by atoms with Crippen molar-refractivity contribution in [2.45, 2.75) is 0 Å². The van der Waals surface area contributed by atoms with Gasteiger partial charge in [0.05, 0.1) is 15.7 Å². The SMILES string of the molecule is Nc1c(Nc2ccc(Cl)c(Cl)c2)ncnc1N1CCN(c2ccccc2F)CC1. The van der Waals surface area contributed by atoms with Gasteiger partial charge in [0.25, 0.3) is 0 Å². The number of rotatable bonds is 4. The van der Waals surface area contributed by atoms with Crippen molar-refractivity contribution in [2.75, 3.05) is 47.0 Å². The molecule has 1 aliphatic heterocycles. The molecule has 29 heavy (non-hydrogen) atoms. The number of para-hydroxylation sites is 1. The Labute approximate surface area is 178 Å². The number of nitrogens with two attached hydrogens (primary N) is 1. The third-order valence-corrected chi connectivity index (χ3v) is 5.56. The molecule has 2 aromatic carbocycles. The summed E-state index contributed by atoms with van der Waals surface area (Å²) >= 11 is 12.0. The van der Waals surface area contributed by atoms with Crippen molar-refractivity contribution in [2.24, 2.45) is 0 Å². The average Bonchev–Trinajstić information content (AvgIpc) is 2.73. The maximum atomic E-state index is 14.0. The predicted molar refractivity (Wildman–Crippen MR) is 117 cm³/mol. The molecule has 1 saturated heterocycles. The van der Waals surface area contributed by atoms with Gasteiger partial charge in [0.2, 0.25) is 0 Å². The van der Waals surface area contributed by atoms with Gasteiger partial charge in [0, 0.05) is 31.9 Å². The van der Waals surface area contributed by atoms with Gasteiger partial charge in [0.1, 0.15) is 17.8 Å². The highest BCUT2D eigenvalue weighted by Gasteiger charge is 2.22. The van der Waals surface area contributed by atoms with Crippen LogP contribution in [0.3, 0.4) is 0 Å². The number of hydrogen-bond acceptors (Lipinski definition) is 6. The fourth-order valence-electron chi connectivity index (χ4n) is 3.32. The molecular weight excluding hydrogens is 414 g/mol. The van der Waals surface area contributed by atoms with Crippen LogP contribution in [0.2, 0.25) is 10.0 Å². The molecule has 1 aromatic heterocycles. The minimum Gasteiger partial charge on any atom is -0.393 e. The molecule has 1 fully saturated rings. The van der Waals surface area contributed by atoms with Gasteiger partial charge in [-0.3, -0.25) is 0 Å². The number of piperazine rings is 1. The lowest BCUT2D eigenvalue weighted by atomic mass is 10.2. The van der Waals surface area contributed by atoms with Gasteiger partial charge in [-0.15, -0.1) is 0 Å². The van der Waals surface area contributed by atoms with E-state index in [4.69, 9.17) is 28.9 Å². The van der Waals surface area contributed by atoms with E-state index in [0.29, 0.717) is 59.2 Å². The van der Waals surface area contributed by atoms with Gasteiger partial charge < -0.3 is 20.9 Å². The standard InChI is InChI=1S/C20H19Cl2FN6/c21-14-6-5-13(11-15(14)22)27-19-18(24)20(26-12-25-19)29-9-7-28(8-10-29)17-4-2-1-3-16(17)23/h1-6,11-12H,7-10,24H2,(H,25,26,27). The maximum absolute atomic E-state index is 14.0. The fourth-order valence-corrected chi connectivity index (χ4v) is 3.61. The Hall–Kier alpha value is -2.77.